The molecule has 402 valence electrons. The zero-order chi connectivity index (χ0) is 55.5. The number of aromatic nitrogens is 8. The molecule has 6 N–H and O–H groups in total. The van der Waals surface area contributed by atoms with Gasteiger partial charge in [0.2, 0.25) is 12.3 Å². The van der Waals surface area contributed by atoms with E-state index in [0.717, 1.165) is 44.2 Å². The number of nitrogens with zero attached hydrogens (tertiary/aromatic N) is 10. The maximum atomic E-state index is 15.2. The molecule has 2 fully saturated rings. The molecule has 4 aromatic heterocycles. The highest BCUT2D eigenvalue weighted by atomic mass is 19.1. The number of nitrogens with two attached hydrogens (primary N) is 2. The van der Waals surface area contributed by atoms with Crippen molar-refractivity contribution in [1.82, 2.24) is 59.9 Å². The standard InChI is InChI=1S/C27H25F2N7O2.C26H26FN7O3.C3H6/c1-2-21(37)35-11-5-8-18(14-35)36-26-23(25(30)32-15-33-26)24(34-36)17-7-3-6-16(12-17)13-31-27(38)22-19(28)9-4-10-20(22)29;1-37-21-7-3-2-6-19(21)26(36)29-12-17-9-8-16(11-20(17)27)23-22-24(28)30-14-31-25(22)34(32-23)18-5-4-10-33(13-18)15-35;1-3-2/h2-4,6-7,9-10,12,15,18H,1,5,8,11,13-14H2,(H,31,38)(H2,30,32,33);2-3,6-9,11,14-15,18H,4-5,10,12-13H2,1H3,(H,29,36)(H2,28,30,31);3H,1H2,2H3. The first-order valence-corrected chi connectivity index (χ1v) is 25.0. The molecule has 2 saturated heterocycles. The molecule has 2 atom stereocenters. The average Bonchev–Trinajstić information content (AvgIpc) is 4.06. The molecule has 0 saturated carbocycles. The largest absolute Gasteiger partial charge is 0.496 e. The van der Waals surface area contributed by atoms with Crippen molar-refractivity contribution in [1.29, 1.82) is 0 Å². The van der Waals surface area contributed by atoms with Crippen LogP contribution in [0.2, 0.25) is 0 Å². The molecule has 2 unspecified atom stereocenters. The quantitative estimate of drug-likeness (QED) is 0.0490. The number of benzene rings is 4. The van der Waals surface area contributed by atoms with Gasteiger partial charge in [0.05, 0.1) is 35.5 Å². The summed E-state index contributed by atoms with van der Waals surface area (Å²) in [5.74, 6) is -2.78. The van der Waals surface area contributed by atoms with Crippen molar-refractivity contribution in [2.24, 2.45) is 0 Å². The zero-order valence-corrected chi connectivity index (χ0v) is 42.9. The van der Waals surface area contributed by atoms with Crippen molar-refractivity contribution in [3.8, 4) is 28.3 Å². The SMILES string of the molecule is C=CC.C=CC(=O)N1CCCC(n2nc(-c3cccc(CNC(=O)c4c(F)cccc4F)c3)c3c(N)ncnc32)C1.COc1ccccc1C(=O)NCc1ccc(-c2nn(C3CCCN(C=O)C3)c3ncnc(N)c23)cc1F. The normalized spacial score (nSPS) is 15.0. The summed E-state index contributed by atoms with van der Waals surface area (Å²) in [6.45, 7) is 11.2. The van der Waals surface area contributed by atoms with Gasteiger partial charge in [0.25, 0.3) is 11.8 Å². The van der Waals surface area contributed by atoms with Gasteiger partial charge >= 0.3 is 0 Å². The second kappa shape index (κ2) is 24.9. The van der Waals surface area contributed by atoms with Gasteiger partial charge in [-0.15, -0.1) is 6.58 Å². The summed E-state index contributed by atoms with van der Waals surface area (Å²) >= 11 is 0. The van der Waals surface area contributed by atoms with Crippen LogP contribution in [0, 0.1) is 17.5 Å². The molecule has 0 radical (unpaired) electrons. The molecular formula is C56H57F3N14O5. The van der Waals surface area contributed by atoms with Crippen molar-refractivity contribution >= 4 is 57.8 Å². The van der Waals surface area contributed by atoms with E-state index in [-0.39, 0.29) is 48.6 Å². The number of carbonyl (C=O) groups excluding carboxylic acids is 4. The number of methoxy groups -OCH3 is 1. The number of allylic oxidation sites excluding steroid dienone is 1. The van der Waals surface area contributed by atoms with Crippen molar-refractivity contribution in [2.45, 2.75) is 57.8 Å². The highest BCUT2D eigenvalue weighted by Gasteiger charge is 2.30. The Morgan fingerprint density at radius 2 is 1.31 bits per heavy atom. The molecular weight excluding hydrogens is 1010 g/mol. The van der Waals surface area contributed by atoms with Gasteiger partial charge in [-0.1, -0.05) is 61.2 Å². The third kappa shape index (κ3) is 12.0. The first kappa shape index (κ1) is 54.8. The van der Waals surface area contributed by atoms with Gasteiger partial charge in [-0.05, 0) is 80.6 Å². The van der Waals surface area contributed by atoms with Crippen LogP contribution in [-0.4, -0.2) is 107 Å². The number of nitrogen functional groups attached to an aromatic ring is 2. The molecule has 0 bridgehead atoms. The number of hydrogen-bond donors (Lipinski definition) is 4. The lowest BCUT2D eigenvalue weighted by molar-refractivity contribution is -0.127. The fourth-order valence-corrected chi connectivity index (χ4v) is 9.42. The molecule has 4 amide bonds. The molecule has 4 aromatic carbocycles. The Hall–Kier alpha value is -9.47. The Labute approximate surface area is 446 Å². The lowest BCUT2D eigenvalue weighted by Crippen LogP contribution is -2.40. The van der Waals surface area contributed by atoms with Gasteiger partial charge in [0.15, 0.2) is 11.3 Å². The summed E-state index contributed by atoms with van der Waals surface area (Å²) in [5.41, 5.74) is 16.5. The highest BCUT2D eigenvalue weighted by molar-refractivity contribution is 6.00. The number of halogens is 3. The van der Waals surface area contributed by atoms with Gasteiger partial charge in [0, 0.05) is 56.0 Å². The third-order valence-electron chi connectivity index (χ3n) is 13.1. The maximum Gasteiger partial charge on any atom is 0.257 e. The minimum atomic E-state index is -0.931. The maximum absolute atomic E-state index is 15.2. The molecule has 8 aromatic rings. The van der Waals surface area contributed by atoms with Gasteiger partial charge in [-0.25, -0.2) is 42.5 Å². The first-order chi connectivity index (χ1) is 37.8. The van der Waals surface area contributed by atoms with Gasteiger partial charge in [0.1, 0.15) is 64.4 Å². The van der Waals surface area contributed by atoms with Crippen LogP contribution >= 0.6 is 0 Å². The summed E-state index contributed by atoms with van der Waals surface area (Å²) in [4.78, 5) is 69.1. The predicted molar refractivity (Wildman–Crippen MR) is 289 cm³/mol. The Morgan fingerprint density at radius 1 is 0.718 bits per heavy atom. The number of ether oxygens (including phenoxy) is 1. The molecule has 22 heteroatoms. The number of para-hydroxylation sites is 1. The summed E-state index contributed by atoms with van der Waals surface area (Å²) in [6.07, 6.45) is 9.91. The van der Waals surface area contributed by atoms with E-state index in [0.29, 0.717) is 93.2 Å². The van der Waals surface area contributed by atoms with Gasteiger partial charge < -0.3 is 36.6 Å². The molecule has 6 heterocycles. The van der Waals surface area contributed by atoms with Crippen LogP contribution in [0.25, 0.3) is 44.6 Å². The van der Waals surface area contributed by atoms with Gasteiger partial charge in [-0.2, -0.15) is 10.2 Å². The second-order valence-electron chi connectivity index (χ2n) is 18.3. The van der Waals surface area contributed by atoms with Gasteiger partial charge in [-0.3, -0.25) is 19.2 Å². The van der Waals surface area contributed by atoms with E-state index in [4.69, 9.17) is 26.4 Å². The number of amides is 4. The van der Waals surface area contributed by atoms with E-state index < -0.39 is 28.9 Å². The number of fused-ring (bicyclic) bond motifs is 2. The topological polar surface area (TPSA) is 247 Å². The minimum Gasteiger partial charge on any atom is -0.496 e. The summed E-state index contributed by atoms with van der Waals surface area (Å²) < 4.78 is 51.9. The van der Waals surface area contributed by atoms with E-state index in [2.05, 4.69) is 43.7 Å². The monoisotopic (exact) mass is 1060 g/mol. The minimum absolute atomic E-state index is 0.00691. The number of carbonyl (C=O) groups is 4. The van der Waals surface area contributed by atoms with Crippen molar-refractivity contribution in [3.63, 3.8) is 0 Å². The molecule has 19 nitrogen and oxygen atoms in total. The Morgan fingerprint density at radius 3 is 1.92 bits per heavy atom. The molecule has 2 aliphatic rings. The summed E-state index contributed by atoms with van der Waals surface area (Å²) in [7, 11) is 1.49. The smallest absolute Gasteiger partial charge is 0.257 e. The van der Waals surface area contributed by atoms with Crippen LogP contribution < -0.4 is 26.8 Å². The second-order valence-corrected chi connectivity index (χ2v) is 18.3. The molecule has 10 rings (SSSR count). The number of rotatable bonds is 13. The number of likely N-dealkylation sites (tertiary alicyclic amines) is 2. The first-order valence-electron chi connectivity index (χ1n) is 25.0. The zero-order valence-electron chi connectivity index (χ0n) is 42.9. The number of piperidine rings is 2. The fraction of sp³-hybridized carbons (Fsp3) is 0.250. The Balaban J connectivity index is 0.000000196. The fourth-order valence-electron chi connectivity index (χ4n) is 9.42. The van der Waals surface area contributed by atoms with Crippen LogP contribution in [-0.2, 0) is 22.7 Å². The number of nitrogens with one attached hydrogen (secondary N) is 2. The van der Waals surface area contributed by atoms with E-state index in [9.17, 15) is 28.0 Å². The van der Waals surface area contributed by atoms with E-state index >= 15 is 4.39 Å². The van der Waals surface area contributed by atoms with Crippen molar-refractivity contribution in [2.75, 3.05) is 44.8 Å². The molecule has 2 aliphatic heterocycles. The van der Waals surface area contributed by atoms with Crippen LogP contribution in [0.3, 0.4) is 0 Å². The summed E-state index contributed by atoms with van der Waals surface area (Å²) in [5, 5.41) is 16.0. The molecule has 78 heavy (non-hydrogen) atoms. The van der Waals surface area contributed by atoms with E-state index in [1.807, 2.05) is 19.1 Å². The number of anilines is 2. The average molecular weight is 1060 g/mol. The highest BCUT2D eigenvalue weighted by Crippen LogP contribution is 2.36. The Bertz CT molecular complexity index is 3510. The number of hydrogen-bond acceptors (Lipinski definition) is 13. The van der Waals surface area contributed by atoms with Crippen LogP contribution in [0.15, 0.2) is 123 Å². The molecule has 0 aliphatic carbocycles. The predicted octanol–water partition coefficient (Wildman–Crippen LogP) is 7.77. The van der Waals surface area contributed by atoms with Crippen LogP contribution in [0.5, 0.6) is 5.75 Å². The van der Waals surface area contributed by atoms with Crippen molar-refractivity contribution < 1.29 is 37.1 Å². The summed E-state index contributed by atoms with van der Waals surface area (Å²) in [6, 6.07) is 21.8. The van der Waals surface area contributed by atoms with E-state index in [1.54, 1.807) is 73.8 Å². The Kier molecular flexibility index (Phi) is 17.5. The van der Waals surface area contributed by atoms with Crippen LogP contribution in [0.1, 0.15) is 76.5 Å². The van der Waals surface area contributed by atoms with Crippen molar-refractivity contribution in [3.05, 3.63) is 163 Å². The van der Waals surface area contributed by atoms with E-state index in [1.165, 1.54) is 38.0 Å². The lowest BCUT2D eigenvalue weighted by atomic mass is 10.1. The van der Waals surface area contributed by atoms with Crippen LogP contribution in [0.4, 0.5) is 24.8 Å². The lowest BCUT2D eigenvalue weighted by Gasteiger charge is -2.32. The third-order valence-corrected chi connectivity index (χ3v) is 13.1. The molecule has 0 spiro atoms.